The number of ketones is 1. The van der Waals surface area contributed by atoms with Gasteiger partial charge in [0.1, 0.15) is 11.5 Å². The lowest BCUT2D eigenvalue weighted by molar-refractivity contribution is -0.142. The molecule has 0 spiro atoms. The number of anilines is 2. The van der Waals surface area contributed by atoms with Crippen LogP contribution >= 0.6 is 0 Å². The molecule has 0 unspecified atom stereocenters. The molecule has 2 atom stereocenters. The third-order valence-electron chi connectivity index (χ3n) is 5.77. The minimum Gasteiger partial charge on any atom is -0.481 e. The number of aromatic nitrogens is 1. The van der Waals surface area contributed by atoms with Gasteiger partial charge in [-0.3, -0.25) is 14.6 Å². The minimum atomic E-state index is -0.955. The van der Waals surface area contributed by atoms with Gasteiger partial charge in [-0.05, 0) is 48.7 Å². The number of carboxylic acids is 1. The van der Waals surface area contributed by atoms with Crippen molar-refractivity contribution in [2.45, 2.75) is 19.3 Å². The van der Waals surface area contributed by atoms with Crippen molar-refractivity contribution in [2.24, 2.45) is 11.8 Å². The van der Waals surface area contributed by atoms with Gasteiger partial charge in [0.2, 0.25) is 0 Å². The number of amides is 2. The lowest BCUT2D eigenvalue weighted by Crippen LogP contribution is -2.25. The van der Waals surface area contributed by atoms with Crippen molar-refractivity contribution in [2.75, 3.05) is 10.6 Å². The molecule has 1 aromatic heterocycles. The monoisotopic (exact) mass is 447 g/mol. The Labute approximate surface area is 189 Å². The molecule has 1 saturated carbocycles. The number of carbonyl (C=O) groups excluding carboxylic acids is 2. The van der Waals surface area contributed by atoms with Crippen molar-refractivity contribution in [3.05, 3.63) is 78.4 Å². The third kappa shape index (κ3) is 5.06. The molecule has 33 heavy (non-hydrogen) atoms. The fourth-order valence-corrected chi connectivity index (χ4v) is 4.07. The van der Waals surface area contributed by atoms with E-state index in [0.29, 0.717) is 36.1 Å². The Kier molecular flexibility index (Phi) is 6.44. The number of hydrogen-bond donors (Lipinski definition) is 3. The Balaban J connectivity index is 1.44. The number of nitrogens with one attached hydrogen (secondary N) is 2. The second-order valence-corrected chi connectivity index (χ2v) is 7.92. The Morgan fingerprint density at radius 1 is 0.909 bits per heavy atom. The van der Waals surface area contributed by atoms with Crippen molar-refractivity contribution in [1.82, 2.24) is 4.98 Å². The highest BCUT2D eigenvalue weighted by atomic mass is 19.1. The van der Waals surface area contributed by atoms with E-state index >= 15 is 0 Å². The molecule has 168 valence electrons. The average molecular weight is 447 g/mol. The van der Waals surface area contributed by atoms with E-state index in [2.05, 4.69) is 15.6 Å². The molecule has 0 saturated heterocycles. The molecule has 8 heteroatoms. The number of carbonyl (C=O) groups is 3. The van der Waals surface area contributed by atoms with Crippen LogP contribution in [0.1, 0.15) is 29.8 Å². The Morgan fingerprint density at radius 2 is 1.64 bits per heavy atom. The molecular weight excluding hydrogens is 425 g/mol. The summed E-state index contributed by atoms with van der Waals surface area (Å²) in [7, 11) is 0. The van der Waals surface area contributed by atoms with Crippen LogP contribution in [-0.2, 0) is 4.79 Å². The van der Waals surface area contributed by atoms with Gasteiger partial charge in [-0.25, -0.2) is 9.18 Å². The molecule has 1 aliphatic carbocycles. The van der Waals surface area contributed by atoms with E-state index in [-0.39, 0.29) is 17.2 Å². The maximum absolute atomic E-state index is 14.6. The fourth-order valence-electron chi connectivity index (χ4n) is 4.07. The summed E-state index contributed by atoms with van der Waals surface area (Å²) >= 11 is 0. The summed E-state index contributed by atoms with van der Waals surface area (Å²) < 4.78 is 14.6. The molecule has 7 nitrogen and oxygen atoms in total. The molecule has 2 amide bonds. The number of urea groups is 1. The van der Waals surface area contributed by atoms with Gasteiger partial charge in [-0.2, -0.15) is 0 Å². The van der Waals surface area contributed by atoms with E-state index in [0.717, 1.165) is 0 Å². The van der Waals surface area contributed by atoms with Crippen LogP contribution in [0.3, 0.4) is 0 Å². The van der Waals surface area contributed by atoms with Gasteiger partial charge >= 0.3 is 12.0 Å². The summed E-state index contributed by atoms with van der Waals surface area (Å²) in [5.41, 5.74) is 1.92. The standard InChI is InChI=1S/C25H22FN3O4/c26-20-13-15(9-11-21(20)29-25(33)28-17-5-2-1-3-6-17)16-10-12-22(27-14-16)23(30)18-7-4-8-19(18)24(31)32/h1-3,5-6,9-14,18-19H,4,7-8H2,(H,31,32)(H2,28,29,33)/t18-,19-/m1/s1. The number of halogens is 1. The molecule has 3 N–H and O–H groups in total. The van der Waals surface area contributed by atoms with Gasteiger partial charge in [0.15, 0.2) is 5.78 Å². The maximum Gasteiger partial charge on any atom is 0.323 e. The first-order chi connectivity index (χ1) is 15.9. The van der Waals surface area contributed by atoms with Crippen LogP contribution in [0.25, 0.3) is 11.1 Å². The third-order valence-corrected chi connectivity index (χ3v) is 5.77. The highest BCUT2D eigenvalue weighted by Crippen LogP contribution is 2.34. The van der Waals surface area contributed by atoms with Crippen LogP contribution in [0.4, 0.5) is 20.6 Å². The van der Waals surface area contributed by atoms with Crippen molar-refractivity contribution in [1.29, 1.82) is 0 Å². The summed E-state index contributed by atoms with van der Waals surface area (Å²) in [4.78, 5) is 40.4. The normalized spacial score (nSPS) is 17.4. The zero-order valence-corrected chi connectivity index (χ0v) is 17.6. The Morgan fingerprint density at radius 3 is 2.30 bits per heavy atom. The number of aliphatic carboxylic acids is 1. The first-order valence-electron chi connectivity index (χ1n) is 10.6. The second-order valence-electron chi connectivity index (χ2n) is 7.92. The van der Waals surface area contributed by atoms with Gasteiger partial charge in [-0.15, -0.1) is 0 Å². The maximum atomic E-state index is 14.6. The van der Waals surface area contributed by atoms with E-state index in [4.69, 9.17) is 0 Å². The molecule has 0 aliphatic heterocycles. The van der Waals surface area contributed by atoms with Crippen molar-refractivity contribution in [3.63, 3.8) is 0 Å². The fraction of sp³-hybridized carbons (Fsp3) is 0.200. The van der Waals surface area contributed by atoms with E-state index in [1.54, 1.807) is 36.4 Å². The van der Waals surface area contributed by atoms with Gasteiger partial charge < -0.3 is 15.7 Å². The summed E-state index contributed by atoms with van der Waals surface area (Å²) in [5.74, 6) is -3.09. The number of nitrogens with zero attached hydrogens (tertiary/aromatic N) is 1. The SMILES string of the molecule is O=C(Nc1ccccc1)Nc1ccc(-c2ccc(C(=O)[C@@H]3CCC[C@H]3C(=O)O)nc2)cc1F. The highest BCUT2D eigenvalue weighted by Gasteiger charge is 2.38. The second kappa shape index (κ2) is 9.60. The quantitative estimate of drug-likeness (QED) is 0.449. The summed E-state index contributed by atoms with van der Waals surface area (Å²) in [5, 5.41) is 14.4. The van der Waals surface area contributed by atoms with Gasteiger partial charge in [-0.1, -0.05) is 36.8 Å². The van der Waals surface area contributed by atoms with E-state index in [1.165, 1.54) is 24.4 Å². The zero-order chi connectivity index (χ0) is 23.4. The molecule has 1 heterocycles. The smallest absolute Gasteiger partial charge is 0.323 e. The zero-order valence-electron chi connectivity index (χ0n) is 17.6. The molecule has 1 aliphatic rings. The predicted molar refractivity (Wildman–Crippen MR) is 122 cm³/mol. The van der Waals surface area contributed by atoms with Crippen LogP contribution in [0.15, 0.2) is 66.9 Å². The highest BCUT2D eigenvalue weighted by molar-refractivity contribution is 6.00. The minimum absolute atomic E-state index is 0.0212. The molecule has 0 bridgehead atoms. The van der Waals surface area contributed by atoms with Crippen LogP contribution in [-0.4, -0.2) is 27.9 Å². The van der Waals surface area contributed by atoms with E-state index in [9.17, 15) is 23.9 Å². The number of para-hydroxylation sites is 1. The topological polar surface area (TPSA) is 108 Å². The van der Waals surface area contributed by atoms with Crippen molar-refractivity contribution >= 4 is 29.2 Å². The van der Waals surface area contributed by atoms with Crippen LogP contribution < -0.4 is 10.6 Å². The average Bonchev–Trinajstić information content (AvgIpc) is 3.31. The lowest BCUT2D eigenvalue weighted by atomic mass is 9.90. The van der Waals surface area contributed by atoms with Gasteiger partial charge in [0, 0.05) is 23.4 Å². The summed E-state index contributed by atoms with van der Waals surface area (Å²) in [6.45, 7) is 0. The van der Waals surface area contributed by atoms with Gasteiger partial charge in [0.25, 0.3) is 0 Å². The van der Waals surface area contributed by atoms with Gasteiger partial charge in [0.05, 0.1) is 11.6 Å². The summed E-state index contributed by atoms with van der Waals surface area (Å²) in [6, 6.07) is 15.8. The number of rotatable bonds is 6. The first-order valence-corrected chi connectivity index (χ1v) is 10.6. The molecule has 1 fully saturated rings. The molecule has 3 aromatic rings. The number of benzene rings is 2. The number of pyridine rings is 1. The number of carboxylic acid groups (broad SMARTS) is 1. The van der Waals surface area contributed by atoms with Crippen LogP contribution in [0, 0.1) is 17.7 Å². The van der Waals surface area contributed by atoms with Crippen molar-refractivity contribution in [3.8, 4) is 11.1 Å². The van der Waals surface area contributed by atoms with Crippen molar-refractivity contribution < 1.29 is 23.9 Å². The molecule has 2 aromatic carbocycles. The molecule has 0 radical (unpaired) electrons. The van der Waals surface area contributed by atoms with Crippen LogP contribution in [0.5, 0.6) is 0 Å². The van der Waals surface area contributed by atoms with Crippen LogP contribution in [0.2, 0.25) is 0 Å². The summed E-state index contributed by atoms with van der Waals surface area (Å²) in [6.07, 6.45) is 3.19. The molecular formula is C25H22FN3O4. The lowest BCUT2D eigenvalue weighted by Gasteiger charge is -2.14. The Bertz CT molecular complexity index is 1180. The largest absolute Gasteiger partial charge is 0.481 e. The Hall–Kier alpha value is -4.07. The molecule has 4 rings (SSSR count). The van der Waals surface area contributed by atoms with E-state index in [1.807, 2.05) is 6.07 Å². The predicted octanol–water partition coefficient (Wildman–Crippen LogP) is 5.22. The van der Waals surface area contributed by atoms with E-state index < -0.39 is 29.7 Å². The first kappa shape index (κ1) is 22.1. The number of Topliss-reactive ketones (excluding diaryl/α,β-unsaturated/α-hetero) is 1. The number of hydrogen-bond acceptors (Lipinski definition) is 4.